The molecule has 0 saturated heterocycles. The van der Waals surface area contributed by atoms with Gasteiger partial charge in [-0.15, -0.1) is 11.8 Å². The minimum Gasteiger partial charge on any atom is -0.488 e. The summed E-state index contributed by atoms with van der Waals surface area (Å²) in [4.78, 5) is 46.9. The number of esters is 1. The van der Waals surface area contributed by atoms with Crippen molar-refractivity contribution in [1.29, 1.82) is 0 Å². The Morgan fingerprint density at radius 1 is 1.10 bits per heavy atom. The van der Waals surface area contributed by atoms with E-state index < -0.39 is 24.2 Å². The minimum absolute atomic E-state index is 0.0857. The highest BCUT2D eigenvalue weighted by Gasteiger charge is 2.35. The van der Waals surface area contributed by atoms with Gasteiger partial charge in [0, 0.05) is 29.6 Å². The van der Waals surface area contributed by atoms with Crippen LogP contribution in [-0.4, -0.2) is 85.2 Å². The van der Waals surface area contributed by atoms with Crippen LogP contribution in [0.1, 0.15) is 13.8 Å². The molecule has 2 rings (SSSR count). The lowest BCUT2D eigenvalue weighted by molar-refractivity contribution is -0.181. The maximum Gasteiger partial charge on any atom is 0.356 e. The molecule has 1 aliphatic heterocycles. The van der Waals surface area contributed by atoms with Crippen LogP contribution in [-0.2, 0) is 19.2 Å². The maximum absolute atomic E-state index is 13.3. The van der Waals surface area contributed by atoms with Gasteiger partial charge in [-0.25, -0.2) is 14.4 Å². The third-order valence-electron chi connectivity index (χ3n) is 4.31. The van der Waals surface area contributed by atoms with Crippen LogP contribution in [0.5, 0.6) is 5.75 Å². The lowest BCUT2D eigenvalue weighted by Gasteiger charge is -2.37. The molecular weight excluding hydrogens is 422 g/mol. The van der Waals surface area contributed by atoms with Crippen molar-refractivity contribution < 1.29 is 28.7 Å². The Kier molecular flexibility index (Phi) is 9.20. The largest absolute Gasteiger partial charge is 0.488 e. The zero-order valence-electron chi connectivity index (χ0n) is 18.4. The Bertz CT molecular complexity index is 797. The quantitative estimate of drug-likeness (QED) is 0.440. The molecule has 9 nitrogen and oxygen atoms in total. The lowest BCUT2D eigenvalue weighted by atomic mass is 10.3. The number of cyclic esters (lactones) is 1. The van der Waals surface area contributed by atoms with E-state index in [2.05, 4.69) is 0 Å². The number of hydroxylamine groups is 2. The summed E-state index contributed by atoms with van der Waals surface area (Å²) in [7, 11) is 3.68. The van der Waals surface area contributed by atoms with E-state index >= 15 is 0 Å². The summed E-state index contributed by atoms with van der Waals surface area (Å²) in [5, 5.41) is 0.978. The van der Waals surface area contributed by atoms with Crippen molar-refractivity contribution in [3.05, 3.63) is 36.4 Å². The number of ether oxygens (including phenoxy) is 2. The van der Waals surface area contributed by atoms with Crippen molar-refractivity contribution in [2.45, 2.75) is 31.0 Å². The summed E-state index contributed by atoms with van der Waals surface area (Å²) >= 11 is 1.61. The van der Waals surface area contributed by atoms with Crippen molar-refractivity contribution in [3.63, 3.8) is 0 Å². The van der Waals surface area contributed by atoms with Crippen LogP contribution < -0.4 is 4.74 Å². The zero-order valence-corrected chi connectivity index (χ0v) is 19.3. The summed E-state index contributed by atoms with van der Waals surface area (Å²) in [5.74, 6) is -1.03. The average molecular weight is 452 g/mol. The SMILES string of the molecule is CSc1ccc(OCC2OC(=O)/C=C\C(=O)ON(CCN(C)C)C(=O)N2C(C)C)cc1. The predicted octanol–water partition coefficient (Wildman–Crippen LogP) is 2.38. The highest BCUT2D eigenvalue weighted by atomic mass is 32.2. The van der Waals surface area contributed by atoms with Gasteiger partial charge in [-0.2, -0.15) is 5.06 Å². The first-order valence-corrected chi connectivity index (χ1v) is 11.1. The number of amides is 2. The number of likely N-dealkylation sites (N-methyl/N-ethyl adjacent to an activating group) is 1. The molecule has 1 atom stereocenters. The number of rotatable bonds is 8. The first-order chi connectivity index (χ1) is 14.7. The molecule has 1 aromatic carbocycles. The van der Waals surface area contributed by atoms with E-state index in [4.69, 9.17) is 14.3 Å². The van der Waals surface area contributed by atoms with Gasteiger partial charge in [-0.05, 0) is 58.5 Å². The summed E-state index contributed by atoms with van der Waals surface area (Å²) in [6.45, 7) is 4.08. The average Bonchev–Trinajstić information content (AvgIpc) is 2.72. The normalized spacial score (nSPS) is 18.8. The van der Waals surface area contributed by atoms with Crippen LogP contribution in [0.25, 0.3) is 0 Å². The molecule has 0 fully saturated rings. The van der Waals surface area contributed by atoms with Crippen molar-refractivity contribution in [2.75, 3.05) is 40.0 Å². The molecule has 0 aliphatic carbocycles. The van der Waals surface area contributed by atoms with Crippen molar-refractivity contribution in [2.24, 2.45) is 0 Å². The Labute approximate surface area is 186 Å². The van der Waals surface area contributed by atoms with Crippen LogP contribution in [0.15, 0.2) is 41.3 Å². The molecule has 1 unspecified atom stereocenters. The topological polar surface area (TPSA) is 88.6 Å². The predicted molar refractivity (Wildman–Crippen MR) is 116 cm³/mol. The molecule has 31 heavy (non-hydrogen) atoms. The monoisotopic (exact) mass is 451 g/mol. The van der Waals surface area contributed by atoms with Crippen molar-refractivity contribution in [3.8, 4) is 5.75 Å². The van der Waals surface area contributed by atoms with Gasteiger partial charge in [0.2, 0.25) is 6.23 Å². The van der Waals surface area contributed by atoms with Crippen LogP contribution in [0, 0.1) is 0 Å². The Morgan fingerprint density at radius 2 is 1.74 bits per heavy atom. The molecule has 0 saturated carbocycles. The maximum atomic E-state index is 13.3. The molecular formula is C21H29N3O6S. The number of urea groups is 1. The van der Waals surface area contributed by atoms with E-state index in [1.165, 1.54) is 4.90 Å². The lowest BCUT2D eigenvalue weighted by Crippen LogP contribution is -2.56. The second kappa shape index (κ2) is 11.6. The third kappa shape index (κ3) is 7.48. The van der Waals surface area contributed by atoms with Crippen LogP contribution in [0.2, 0.25) is 0 Å². The van der Waals surface area contributed by atoms with Gasteiger partial charge in [-0.3, -0.25) is 4.90 Å². The van der Waals surface area contributed by atoms with Gasteiger partial charge in [0.1, 0.15) is 12.4 Å². The first kappa shape index (κ1) is 24.5. The molecule has 0 radical (unpaired) electrons. The number of nitrogens with zero attached hydrogens (tertiary/aromatic N) is 3. The molecule has 10 heteroatoms. The van der Waals surface area contributed by atoms with Crippen LogP contribution in [0.4, 0.5) is 4.79 Å². The summed E-state index contributed by atoms with van der Waals surface area (Å²) in [6.07, 6.45) is 2.86. The van der Waals surface area contributed by atoms with E-state index in [1.54, 1.807) is 37.7 Å². The van der Waals surface area contributed by atoms with E-state index in [0.717, 1.165) is 22.1 Å². The standard InChI is InChI=1S/C21H29N3O6S/c1-15(2)24-18(14-28-16-6-8-17(31-5)9-7-16)29-19(25)10-11-20(26)30-23(21(24)27)13-12-22(3)4/h6-11,15,18H,12-14H2,1-5H3/b11-10-. The fourth-order valence-electron chi connectivity index (χ4n) is 2.74. The Hall–Kier alpha value is -2.72. The van der Waals surface area contributed by atoms with E-state index in [0.29, 0.717) is 12.3 Å². The van der Waals surface area contributed by atoms with Crippen LogP contribution >= 0.6 is 11.8 Å². The van der Waals surface area contributed by atoms with E-state index in [9.17, 15) is 14.4 Å². The molecule has 1 aliphatic rings. The number of carbonyl (C=O) groups excluding carboxylic acids is 3. The molecule has 0 bridgehead atoms. The number of hydrogen-bond acceptors (Lipinski definition) is 8. The van der Waals surface area contributed by atoms with Gasteiger partial charge in [0.25, 0.3) is 0 Å². The third-order valence-corrected chi connectivity index (χ3v) is 5.05. The van der Waals surface area contributed by atoms with Crippen molar-refractivity contribution >= 4 is 29.7 Å². The summed E-state index contributed by atoms with van der Waals surface area (Å²) in [6, 6.07) is 6.48. The van der Waals surface area contributed by atoms with E-state index in [-0.39, 0.29) is 19.2 Å². The van der Waals surface area contributed by atoms with E-state index in [1.807, 2.05) is 37.4 Å². The summed E-state index contributed by atoms with van der Waals surface area (Å²) in [5.41, 5.74) is 0. The fraction of sp³-hybridized carbons (Fsp3) is 0.476. The minimum atomic E-state index is -1.02. The second-order valence-electron chi connectivity index (χ2n) is 7.31. The van der Waals surface area contributed by atoms with Crippen molar-refractivity contribution in [1.82, 2.24) is 14.9 Å². The fourth-order valence-corrected chi connectivity index (χ4v) is 3.14. The number of hydrogen-bond donors (Lipinski definition) is 0. The van der Waals surface area contributed by atoms with Gasteiger partial charge < -0.3 is 19.2 Å². The highest BCUT2D eigenvalue weighted by Crippen LogP contribution is 2.21. The molecule has 0 N–H and O–H groups in total. The first-order valence-electron chi connectivity index (χ1n) is 9.83. The molecule has 0 spiro atoms. The molecule has 1 heterocycles. The number of benzene rings is 1. The molecule has 170 valence electrons. The van der Waals surface area contributed by atoms with Gasteiger partial charge in [0.05, 0.1) is 6.54 Å². The zero-order chi connectivity index (χ0) is 23.0. The van der Waals surface area contributed by atoms with Gasteiger partial charge in [-0.1, -0.05) is 0 Å². The second-order valence-corrected chi connectivity index (χ2v) is 8.19. The van der Waals surface area contributed by atoms with Gasteiger partial charge >= 0.3 is 18.0 Å². The number of carbonyl (C=O) groups is 3. The smallest absolute Gasteiger partial charge is 0.356 e. The van der Waals surface area contributed by atoms with Crippen LogP contribution in [0.3, 0.4) is 0 Å². The highest BCUT2D eigenvalue weighted by molar-refractivity contribution is 7.98. The number of thioether (sulfide) groups is 1. The Morgan fingerprint density at radius 3 is 2.32 bits per heavy atom. The summed E-state index contributed by atoms with van der Waals surface area (Å²) < 4.78 is 11.3. The van der Waals surface area contributed by atoms with Gasteiger partial charge in [0.15, 0.2) is 0 Å². The molecule has 2 amide bonds. The molecule has 0 aromatic heterocycles. The molecule has 1 aromatic rings. The Balaban J connectivity index is 2.28.